The van der Waals surface area contributed by atoms with E-state index in [-0.39, 0.29) is 23.8 Å². The van der Waals surface area contributed by atoms with Crippen LogP contribution in [0, 0.1) is 32.5 Å². The third-order valence-corrected chi connectivity index (χ3v) is 7.36. The van der Waals surface area contributed by atoms with Gasteiger partial charge in [0.25, 0.3) is 0 Å². The Bertz CT molecular complexity index is 1080. The lowest BCUT2D eigenvalue weighted by molar-refractivity contribution is -0.132. The maximum absolute atomic E-state index is 13.2. The van der Waals surface area contributed by atoms with Gasteiger partial charge in [0.2, 0.25) is 0 Å². The lowest BCUT2D eigenvalue weighted by Crippen LogP contribution is -2.54. The average Bonchev–Trinajstić information content (AvgIpc) is 2.80. The standard InChI is InChI=1S/C26H31FN2O3S/c1-15-14-22-18(4)24(31-19(5)30)16(2)17(3)25(22)32-23(15)26(33)29-12-10-28(11-13-29)21-8-6-20(27)7-9-21/h6-9,15,23H,10-14H2,1-5H3. The van der Waals surface area contributed by atoms with E-state index in [1.165, 1.54) is 19.1 Å². The molecule has 2 unspecified atom stereocenters. The van der Waals surface area contributed by atoms with E-state index in [0.29, 0.717) is 5.75 Å². The molecule has 2 heterocycles. The fourth-order valence-corrected chi connectivity index (χ4v) is 5.30. The Labute approximate surface area is 200 Å². The molecule has 1 fully saturated rings. The molecule has 2 aliphatic heterocycles. The second-order valence-corrected chi connectivity index (χ2v) is 9.53. The Morgan fingerprint density at radius 2 is 1.70 bits per heavy atom. The van der Waals surface area contributed by atoms with Crippen molar-refractivity contribution in [3.63, 3.8) is 0 Å². The molecule has 2 aliphatic rings. The summed E-state index contributed by atoms with van der Waals surface area (Å²) in [6, 6.07) is 6.65. The molecule has 0 spiro atoms. The van der Waals surface area contributed by atoms with Crippen molar-refractivity contribution >= 4 is 28.9 Å². The highest BCUT2D eigenvalue weighted by atomic mass is 32.1. The third-order valence-electron chi connectivity index (χ3n) is 6.87. The van der Waals surface area contributed by atoms with Crippen LogP contribution in [0.15, 0.2) is 24.3 Å². The summed E-state index contributed by atoms with van der Waals surface area (Å²) >= 11 is 5.93. The normalized spacial score (nSPS) is 20.2. The van der Waals surface area contributed by atoms with Crippen LogP contribution >= 0.6 is 12.2 Å². The maximum atomic E-state index is 13.2. The molecule has 5 nitrogen and oxygen atoms in total. The maximum Gasteiger partial charge on any atom is 0.308 e. The van der Waals surface area contributed by atoms with Gasteiger partial charge in [0, 0.05) is 50.3 Å². The van der Waals surface area contributed by atoms with E-state index in [9.17, 15) is 9.18 Å². The third kappa shape index (κ3) is 4.56. The fourth-order valence-electron chi connectivity index (χ4n) is 4.84. The number of anilines is 1. The Hall–Kier alpha value is -2.67. The van der Waals surface area contributed by atoms with E-state index in [1.807, 2.05) is 32.9 Å². The van der Waals surface area contributed by atoms with Gasteiger partial charge in [-0.15, -0.1) is 0 Å². The molecular formula is C26H31FN2O3S. The van der Waals surface area contributed by atoms with Gasteiger partial charge in [-0.05, 0) is 68.1 Å². The zero-order chi connectivity index (χ0) is 23.9. The molecule has 0 saturated carbocycles. The summed E-state index contributed by atoms with van der Waals surface area (Å²) in [5.41, 5.74) is 5.01. The molecule has 4 rings (SSSR count). The van der Waals surface area contributed by atoms with Gasteiger partial charge < -0.3 is 19.3 Å². The number of rotatable bonds is 3. The van der Waals surface area contributed by atoms with Crippen molar-refractivity contribution in [1.82, 2.24) is 4.90 Å². The molecule has 0 aromatic heterocycles. The van der Waals surface area contributed by atoms with Crippen LogP contribution in [0.25, 0.3) is 0 Å². The lowest BCUT2D eigenvalue weighted by Gasteiger charge is -2.42. The van der Waals surface area contributed by atoms with Crippen molar-refractivity contribution in [2.75, 3.05) is 31.1 Å². The van der Waals surface area contributed by atoms with Crippen LogP contribution in [0.4, 0.5) is 10.1 Å². The first-order valence-corrected chi connectivity index (χ1v) is 11.8. The summed E-state index contributed by atoms with van der Waals surface area (Å²) in [5, 5.41) is 0. The van der Waals surface area contributed by atoms with Crippen LogP contribution in [0.3, 0.4) is 0 Å². The van der Waals surface area contributed by atoms with E-state index in [0.717, 1.165) is 71.3 Å². The highest BCUT2D eigenvalue weighted by molar-refractivity contribution is 7.80. The van der Waals surface area contributed by atoms with Crippen LogP contribution in [-0.2, 0) is 11.2 Å². The van der Waals surface area contributed by atoms with E-state index in [1.54, 1.807) is 0 Å². The number of benzene rings is 2. The molecule has 7 heteroatoms. The molecule has 0 N–H and O–H groups in total. The second kappa shape index (κ2) is 9.29. The van der Waals surface area contributed by atoms with Crippen LogP contribution in [-0.4, -0.2) is 48.1 Å². The number of carbonyl (C=O) groups excluding carboxylic acids is 1. The molecule has 2 atom stereocenters. The minimum absolute atomic E-state index is 0.179. The minimum Gasteiger partial charge on any atom is -0.482 e. The van der Waals surface area contributed by atoms with E-state index in [2.05, 4.69) is 16.7 Å². The van der Waals surface area contributed by atoms with E-state index >= 15 is 0 Å². The molecule has 0 amide bonds. The van der Waals surface area contributed by atoms with Gasteiger partial charge in [0.05, 0.1) is 0 Å². The second-order valence-electron chi connectivity index (χ2n) is 9.11. The quantitative estimate of drug-likeness (QED) is 0.366. The number of esters is 1. The van der Waals surface area contributed by atoms with Gasteiger partial charge >= 0.3 is 5.97 Å². The summed E-state index contributed by atoms with van der Waals surface area (Å²) in [7, 11) is 0. The Morgan fingerprint density at radius 3 is 2.30 bits per heavy atom. The monoisotopic (exact) mass is 470 g/mol. The number of halogens is 1. The SMILES string of the molecule is CC(=O)Oc1c(C)c(C)c2c(c1C)CC(C)C(C(=S)N1CCN(c3ccc(F)cc3)CC1)O2. The van der Waals surface area contributed by atoms with Crippen LogP contribution < -0.4 is 14.4 Å². The summed E-state index contributed by atoms with van der Waals surface area (Å²) in [4.78, 5) is 16.9. The van der Waals surface area contributed by atoms with Gasteiger partial charge in [0.15, 0.2) is 6.10 Å². The predicted molar refractivity (Wildman–Crippen MR) is 132 cm³/mol. The number of piperazine rings is 1. The topological polar surface area (TPSA) is 42.0 Å². The number of nitrogens with zero attached hydrogens (tertiary/aromatic N) is 2. The summed E-state index contributed by atoms with van der Waals surface area (Å²) in [6.07, 6.45) is 0.638. The molecule has 0 bridgehead atoms. The van der Waals surface area contributed by atoms with Crippen molar-refractivity contribution in [2.24, 2.45) is 5.92 Å². The van der Waals surface area contributed by atoms with Gasteiger partial charge in [-0.25, -0.2) is 4.39 Å². The smallest absolute Gasteiger partial charge is 0.308 e. The predicted octanol–water partition coefficient (Wildman–Crippen LogP) is 4.77. The van der Waals surface area contributed by atoms with Gasteiger partial charge in [-0.2, -0.15) is 0 Å². The number of thiocarbonyl (C=S) groups is 1. The van der Waals surface area contributed by atoms with Crippen LogP contribution in [0.2, 0.25) is 0 Å². The first-order chi connectivity index (χ1) is 15.7. The molecule has 176 valence electrons. The number of hydrogen-bond donors (Lipinski definition) is 0. The highest BCUT2D eigenvalue weighted by Crippen LogP contribution is 2.43. The summed E-state index contributed by atoms with van der Waals surface area (Å²) in [5.74, 6) is 1.18. The Balaban J connectivity index is 1.50. The molecule has 2 aromatic carbocycles. The fraction of sp³-hybridized carbons (Fsp3) is 0.462. The van der Waals surface area contributed by atoms with Crippen molar-refractivity contribution in [3.8, 4) is 11.5 Å². The Kier molecular flexibility index (Phi) is 6.61. The van der Waals surface area contributed by atoms with Crippen molar-refractivity contribution < 1.29 is 18.7 Å². The molecule has 33 heavy (non-hydrogen) atoms. The van der Waals surface area contributed by atoms with Crippen molar-refractivity contribution in [1.29, 1.82) is 0 Å². The Morgan fingerprint density at radius 1 is 1.06 bits per heavy atom. The molecule has 2 aromatic rings. The van der Waals surface area contributed by atoms with Crippen LogP contribution in [0.1, 0.15) is 36.1 Å². The molecule has 1 saturated heterocycles. The average molecular weight is 471 g/mol. The summed E-state index contributed by atoms with van der Waals surface area (Å²) in [6.45, 7) is 12.8. The number of hydrogen-bond acceptors (Lipinski definition) is 5. The zero-order valence-corrected chi connectivity index (χ0v) is 20.7. The number of ether oxygens (including phenoxy) is 2. The number of fused-ring (bicyclic) bond motifs is 1. The van der Waals surface area contributed by atoms with E-state index in [4.69, 9.17) is 21.7 Å². The van der Waals surface area contributed by atoms with Crippen LogP contribution in [0.5, 0.6) is 11.5 Å². The first-order valence-electron chi connectivity index (χ1n) is 11.4. The van der Waals surface area contributed by atoms with Gasteiger partial charge in [-0.1, -0.05) is 19.1 Å². The van der Waals surface area contributed by atoms with Gasteiger partial charge in [0.1, 0.15) is 22.3 Å². The van der Waals surface area contributed by atoms with Crippen molar-refractivity contribution in [2.45, 2.75) is 47.1 Å². The highest BCUT2D eigenvalue weighted by Gasteiger charge is 2.36. The first kappa shape index (κ1) is 23.5. The van der Waals surface area contributed by atoms with E-state index < -0.39 is 0 Å². The number of carbonyl (C=O) groups is 1. The van der Waals surface area contributed by atoms with Crippen molar-refractivity contribution in [3.05, 3.63) is 52.3 Å². The minimum atomic E-state index is -0.316. The molecule has 0 radical (unpaired) electrons. The largest absolute Gasteiger partial charge is 0.482 e. The molecule has 0 aliphatic carbocycles. The zero-order valence-electron chi connectivity index (χ0n) is 19.9. The summed E-state index contributed by atoms with van der Waals surface area (Å²) < 4.78 is 25.3. The lowest BCUT2D eigenvalue weighted by atomic mass is 9.86. The molecular weight excluding hydrogens is 439 g/mol. The van der Waals surface area contributed by atoms with Gasteiger partial charge in [-0.3, -0.25) is 4.79 Å².